The van der Waals surface area contributed by atoms with E-state index in [1.165, 1.54) is 17.5 Å². The Morgan fingerprint density at radius 2 is 2.15 bits per heavy atom. The SMILES string of the molecule is CSCCN1CCC(c2ccc(NC(=O)c3ncc(C#N)[nH]3)c(C3=CCC(C)(C)CC3)n2)CC1. The molecule has 8 heteroatoms. The van der Waals surface area contributed by atoms with Gasteiger partial charge in [0.25, 0.3) is 5.91 Å². The molecule has 34 heavy (non-hydrogen) atoms. The summed E-state index contributed by atoms with van der Waals surface area (Å²) >= 11 is 1.90. The predicted octanol–water partition coefficient (Wildman–Crippen LogP) is 5.06. The first-order valence-corrected chi connectivity index (χ1v) is 13.5. The molecular formula is C26H34N6OS. The minimum absolute atomic E-state index is 0.128. The van der Waals surface area contributed by atoms with Gasteiger partial charge >= 0.3 is 0 Å². The Labute approximate surface area is 206 Å². The molecule has 1 aliphatic heterocycles. The van der Waals surface area contributed by atoms with Gasteiger partial charge in [0.2, 0.25) is 0 Å². The van der Waals surface area contributed by atoms with Crippen molar-refractivity contribution < 1.29 is 4.79 Å². The summed E-state index contributed by atoms with van der Waals surface area (Å²) in [6.45, 7) is 7.96. The minimum atomic E-state index is -0.365. The van der Waals surface area contributed by atoms with Gasteiger partial charge in [-0.2, -0.15) is 17.0 Å². The van der Waals surface area contributed by atoms with Crippen molar-refractivity contribution in [1.82, 2.24) is 19.9 Å². The summed E-state index contributed by atoms with van der Waals surface area (Å²) in [6, 6.07) is 6.03. The number of allylic oxidation sites excluding steroid dienone is 2. The van der Waals surface area contributed by atoms with Crippen LogP contribution in [0.1, 0.15) is 79.6 Å². The van der Waals surface area contributed by atoms with Crippen LogP contribution < -0.4 is 5.32 Å². The Balaban J connectivity index is 1.57. The molecule has 1 aliphatic carbocycles. The molecule has 180 valence electrons. The number of imidazole rings is 1. The molecule has 1 fully saturated rings. The van der Waals surface area contributed by atoms with E-state index in [1.807, 2.05) is 23.9 Å². The molecule has 2 aliphatic rings. The number of rotatable bonds is 7. The third-order valence-electron chi connectivity index (χ3n) is 6.97. The number of thioether (sulfide) groups is 1. The molecule has 0 saturated carbocycles. The van der Waals surface area contributed by atoms with Crippen molar-refractivity contribution in [2.75, 3.05) is 37.0 Å². The summed E-state index contributed by atoms with van der Waals surface area (Å²) in [5.41, 5.74) is 4.44. The lowest BCUT2D eigenvalue weighted by molar-refractivity contribution is 0.101. The number of nitriles is 1. The standard InChI is InChI=1S/C26H34N6OS/c1-26(2)10-6-19(7-11-26)23-22(31-25(33)24-28-17-20(16-27)29-24)5-4-21(30-23)18-8-12-32(13-9-18)14-15-34-3/h4-6,17-18H,7-15H2,1-3H3,(H,28,29)(H,31,33). The number of nitrogens with one attached hydrogen (secondary N) is 2. The Morgan fingerprint density at radius 3 is 2.79 bits per heavy atom. The fourth-order valence-electron chi connectivity index (χ4n) is 4.69. The number of piperidine rings is 1. The summed E-state index contributed by atoms with van der Waals surface area (Å²) in [7, 11) is 0. The van der Waals surface area contributed by atoms with E-state index in [2.05, 4.69) is 52.4 Å². The van der Waals surface area contributed by atoms with Crippen LogP contribution in [0.5, 0.6) is 0 Å². The lowest BCUT2D eigenvalue weighted by Crippen LogP contribution is -2.34. The number of carbonyl (C=O) groups excluding carboxylic acids is 1. The number of aromatic nitrogens is 3. The minimum Gasteiger partial charge on any atom is -0.326 e. The van der Waals surface area contributed by atoms with E-state index in [-0.39, 0.29) is 22.8 Å². The van der Waals surface area contributed by atoms with Crippen LogP contribution in [0.2, 0.25) is 0 Å². The zero-order valence-electron chi connectivity index (χ0n) is 20.4. The van der Waals surface area contributed by atoms with Crippen molar-refractivity contribution >= 4 is 28.9 Å². The van der Waals surface area contributed by atoms with Gasteiger partial charge in [0.15, 0.2) is 5.82 Å². The average Bonchev–Trinajstić information content (AvgIpc) is 3.33. The topological polar surface area (TPSA) is 97.7 Å². The van der Waals surface area contributed by atoms with E-state index in [1.54, 1.807) is 0 Å². The maximum absolute atomic E-state index is 12.8. The fraction of sp³-hybridized carbons (Fsp3) is 0.538. The Hall–Kier alpha value is -2.63. The second kappa shape index (κ2) is 10.7. The highest BCUT2D eigenvalue weighted by atomic mass is 32.2. The highest BCUT2D eigenvalue weighted by molar-refractivity contribution is 7.98. The molecule has 0 spiro atoms. The Bertz CT molecular complexity index is 1090. The van der Waals surface area contributed by atoms with Crippen molar-refractivity contribution in [3.8, 4) is 6.07 Å². The van der Waals surface area contributed by atoms with E-state index >= 15 is 0 Å². The molecule has 4 rings (SSSR count). The molecule has 1 amide bonds. The summed E-state index contributed by atoms with van der Waals surface area (Å²) in [6.07, 6.45) is 11.1. The number of amides is 1. The Kier molecular flexibility index (Phi) is 7.74. The maximum Gasteiger partial charge on any atom is 0.291 e. The van der Waals surface area contributed by atoms with Gasteiger partial charge in [0.1, 0.15) is 11.8 Å². The van der Waals surface area contributed by atoms with E-state index in [4.69, 9.17) is 10.2 Å². The Morgan fingerprint density at radius 1 is 1.35 bits per heavy atom. The molecule has 3 heterocycles. The molecule has 1 saturated heterocycles. The first-order chi connectivity index (χ1) is 16.4. The first kappa shape index (κ1) is 24.5. The van der Waals surface area contributed by atoms with Gasteiger partial charge in [-0.1, -0.05) is 19.9 Å². The zero-order valence-corrected chi connectivity index (χ0v) is 21.2. The van der Waals surface area contributed by atoms with Crippen LogP contribution in [0.4, 0.5) is 5.69 Å². The molecule has 2 N–H and O–H groups in total. The molecule has 0 unspecified atom stereocenters. The monoisotopic (exact) mass is 478 g/mol. The van der Waals surface area contributed by atoms with Gasteiger partial charge in [-0.3, -0.25) is 9.78 Å². The average molecular weight is 479 g/mol. The molecule has 0 atom stereocenters. The number of nitrogens with zero attached hydrogens (tertiary/aromatic N) is 4. The number of hydrogen-bond donors (Lipinski definition) is 2. The number of aromatic amines is 1. The predicted molar refractivity (Wildman–Crippen MR) is 138 cm³/mol. The lowest BCUT2D eigenvalue weighted by atomic mass is 9.77. The smallest absolute Gasteiger partial charge is 0.291 e. The molecular weight excluding hydrogens is 444 g/mol. The maximum atomic E-state index is 12.8. The molecule has 0 radical (unpaired) electrons. The zero-order chi connectivity index (χ0) is 24.1. The van der Waals surface area contributed by atoms with Crippen molar-refractivity contribution in [1.29, 1.82) is 5.26 Å². The van der Waals surface area contributed by atoms with Crippen molar-refractivity contribution in [3.63, 3.8) is 0 Å². The number of carbonyl (C=O) groups is 1. The van der Waals surface area contributed by atoms with Gasteiger partial charge in [0, 0.05) is 23.9 Å². The molecule has 0 bridgehead atoms. The largest absolute Gasteiger partial charge is 0.326 e. The summed E-state index contributed by atoms with van der Waals surface area (Å²) in [5.74, 6) is 1.38. The number of H-pyrrole nitrogens is 1. The van der Waals surface area contributed by atoms with E-state index in [0.717, 1.165) is 63.1 Å². The van der Waals surface area contributed by atoms with Crippen LogP contribution in [0.15, 0.2) is 24.4 Å². The molecule has 7 nitrogen and oxygen atoms in total. The van der Waals surface area contributed by atoms with Gasteiger partial charge in [-0.25, -0.2) is 4.98 Å². The van der Waals surface area contributed by atoms with Gasteiger partial charge < -0.3 is 15.2 Å². The number of hydrogen-bond acceptors (Lipinski definition) is 6. The van der Waals surface area contributed by atoms with Crippen LogP contribution in [-0.4, -0.2) is 57.4 Å². The second-order valence-corrected chi connectivity index (χ2v) is 11.0. The van der Waals surface area contributed by atoms with Crippen molar-refractivity contribution in [2.45, 2.75) is 51.9 Å². The second-order valence-electron chi connectivity index (χ2n) is 10.1. The molecule has 0 aromatic carbocycles. The van der Waals surface area contributed by atoms with Crippen molar-refractivity contribution in [2.24, 2.45) is 5.41 Å². The van der Waals surface area contributed by atoms with Crippen LogP contribution >= 0.6 is 11.8 Å². The van der Waals surface area contributed by atoms with Gasteiger partial charge in [-0.15, -0.1) is 0 Å². The normalized spacial score (nSPS) is 18.8. The molecule has 2 aromatic heterocycles. The lowest BCUT2D eigenvalue weighted by Gasteiger charge is -2.32. The number of pyridine rings is 1. The molecule has 2 aromatic rings. The van der Waals surface area contributed by atoms with Crippen molar-refractivity contribution in [3.05, 3.63) is 47.3 Å². The van der Waals surface area contributed by atoms with E-state index in [0.29, 0.717) is 11.6 Å². The van der Waals surface area contributed by atoms with E-state index < -0.39 is 0 Å². The third kappa shape index (κ3) is 5.89. The fourth-order valence-corrected chi connectivity index (χ4v) is 5.13. The van der Waals surface area contributed by atoms with Crippen LogP contribution in [0, 0.1) is 16.7 Å². The van der Waals surface area contributed by atoms with E-state index in [9.17, 15) is 4.79 Å². The summed E-state index contributed by atoms with van der Waals surface area (Å²) < 4.78 is 0. The quantitative estimate of drug-likeness (QED) is 0.577. The van der Waals surface area contributed by atoms with Crippen LogP contribution in [-0.2, 0) is 0 Å². The number of likely N-dealkylation sites (tertiary alicyclic amines) is 1. The highest BCUT2D eigenvalue weighted by Gasteiger charge is 2.27. The van der Waals surface area contributed by atoms with Crippen LogP contribution in [0.3, 0.4) is 0 Å². The summed E-state index contributed by atoms with van der Waals surface area (Å²) in [4.78, 5) is 27.3. The third-order valence-corrected chi connectivity index (χ3v) is 7.56. The number of anilines is 1. The first-order valence-electron chi connectivity index (χ1n) is 12.1. The highest BCUT2D eigenvalue weighted by Crippen LogP contribution is 2.40. The van der Waals surface area contributed by atoms with Gasteiger partial charge in [-0.05, 0) is 74.6 Å². The van der Waals surface area contributed by atoms with Crippen LogP contribution in [0.25, 0.3) is 5.57 Å². The van der Waals surface area contributed by atoms with Gasteiger partial charge in [0.05, 0.1) is 17.6 Å². The summed E-state index contributed by atoms with van der Waals surface area (Å²) in [5, 5.41) is 12.0.